The van der Waals surface area contributed by atoms with Crippen LogP contribution in [0.1, 0.15) is 25.6 Å². The molecule has 2 unspecified atom stereocenters. The first-order valence-electron chi connectivity index (χ1n) is 12.8. The second-order valence-corrected chi connectivity index (χ2v) is 10.2. The molecule has 0 fully saturated rings. The maximum Gasteiger partial charge on any atom is 0.253 e. The summed E-state index contributed by atoms with van der Waals surface area (Å²) in [6, 6.07) is 10.3. The summed E-state index contributed by atoms with van der Waals surface area (Å²) in [4.78, 5) is 20.2. The first-order chi connectivity index (χ1) is 18.4. The molecule has 9 nitrogen and oxygen atoms in total. The number of amides is 1. The van der Waals surface area contributed by atoms with Crippen molar-refractivity contribution in [3.05, 3.63) is 59.8 Å². The fourth-order valence-electron chi connectivity index (χ4n) is 4.55. The molecule has 2 atom stereocenters. The molecule has 204 valence electrons. The molecule has 0 spiro atoms. The molecule has 3 heterocycles. The van der Waals surface area contributed by atoms with Gasteiger partial charge in [-0.3, -0.25) is 10.1 Å². The van der Waals surface area contributed by atoms with Gasteiger partial charge in [-0.2, -0.15) is 0 Å². The van der Waals surface area contributed by atoms with Crippen molar-refractivity contribution in [2.45, 2.75) is 30.4 Å². The summed E-state index contributed by atoms with van der Waals surface area (Å²) < 4.78 is 11.1. The molecule has 1 amide bonds. The lowest BCUT2D eigenvalue weighted by atomic mass is 10.1. The van der Waals surface area contributed by atoms with Crippen LogP contribution in [0.15, 0.2) is 59.2 Å². The average molecular weight is 539 g/mol. The van der Waals surface area contributed by atoms with E-state index in [0.717, 1.165) is 34.1 Å². The Kier molecular flexibility index (Phi) is 8.63. The van der Waals surface area contributed by atoms with E-state index in [9.17, 15) is 4.79 Å². The van der Waals surface area contributed by atoms with Gasteiger partial charge in [0.05, 0.1) is 26.6 Å². The summed E-state index contributed by atoms with van der Waals surface area (Å²) in [5, 5.41) is 10.3. The first-order valence-corrected chi connectivity index (χ1v) is 13.7. The van der Waals surface area contributed by atoms with Crippen LogP contribution in [0.4, 0.5) is 17.1 Å². The number of carbonyl (C=O) groups is 1. The first kappa shape index (κ1) is 27.5. The van der Waals surface area contributed by atoms with Crippen molar-refractivity contribution in [3.8, 4) is 11.5 Å². The summed E-state index contributed by atoms with van der Waals surface area (Å²) in [7, 11) is 9.33. The van der Waals surface area contributed by atoms with Crippen molar-refractivity contribution in [1.82, 2.24) is 15.5 Å². The SMILES string of the molecule is CC.COc1cc2c(cc1OC)N(C)CNC2Nc1ccc2c(c1)SC(NC(=O)C1=CCN(C)C=C1)N2C. The number of carbonyl (C=O) groups excluding carboxylic acids is 1. The minimum Gasteiger partial charge on any atom is -0.493 e. The summed E-state index contributed by atoms with van der Waals surface area (Å²) in [6.07, 6.45) is 5.62. The zero-order valence-electron chi connectivity index (χ0n) is 23.2. The van der Waals surface area contributed by atoms with Gasteiger partial charge in [0.2, 0.25) is 0 Å². The predicted octanol–water partition coefficient (Wildman–Crippen LogP) is 4.16. The van der Waals surface area contributed by atoms with Gasteiger partial charge in [-0.25, -0.2) is 0 Å². The zero-order valence-corrected chi connectivity index (χ0v) is 24.0. The van der Waals surface area contributed by atoms with E-state index >= 15 is 0 Å². The number of likely N-dealkylation sites (N-methyl/N-ethyl adjacent to an activating group) is 1. The summed E-state index contributed by atoms with van der Waals surface area (Å²) in [6.45, 7) is 5.42. The molecule has 0 radical (unpaired) electrons. The van der Waals surface area contributed by atoms with Crippen molar-refractivity contribution >= 4 is 34.7 Å². The highest BCUT2D eigenvalue weighted by molar-refractivity contribution is 8.00. The van der Waals surface area contributed by atoms with E-state index in [1.165, 1.54) is 0 Å². The number of rotatable bonds is 6. The van der Waals surface area contributed by atoms with E-state index in [1.54, 1.807) is 26.0 Å². The van der Waals surface area contributed by atoms with Crippen molar-refractivity contribution < 1.29 is 14.3 Å². The molecule has 3 aliphatic rings. The van der Waals surface area contributed by atoms with E-state index in [2.05, 4.69) is 43.9 Å². The largest absolute Gasteiger partial charge is 0.493 e. The van der Waals surface area contributed by atoms with Crippen LogP contribution in [0.5, 0.6) is 11.5 Å². The number of fused-ring (bicyclic) bond motifs is 2. The van der Waals surface area contributed by atoms with Gasteiger partial charge in [0.25, 0.3) is 5.91 Å². The summed E-state index contributed by atoms with van der Waals surface area (Å²) in [5.74, 6) is 1.34. The van der Waals surface area contributed by atoms with Crippen LogP contribution in [-0.2, 0) is 4.79 Å². The molecule has 38 heavy (non-hydrogen) atoms. The third-order valence-corrected chi connectivity index (χ3v) is 7.89. The molecule has 0 saturated heterocycles. The molecule has 3 aliphatic heterocycles. The van der Waals surface area contributed by atoms with Crippen LogP contribution in [0.3, 0.4) is 0 Å². The molecule has 0 saturated carbocycles. The molecule has 2 aromatic carbocycles. The summed E-state index contributed by atoms with van der Waals surface area (Å²) in [5.41, 5.74) is 4.77. The highest BCUT2D eigenvalue weighted by Crippen LogP contribution is 2.44. The molecule has 10 heteroatoms. The lowest BCUT2D eigenvalue weighted by Crippen LogP contribution is -2.42. The van der Waals surface area contributed by atoms with Crippen molar-refractivity contribution in [2.24, 2.45) is 0 Å². The monoisotopic (exact) mass is 538 g/mol. The molecule has 0 aliphatic carbocycles. The Morgan fingerprint density at radius 3 is 2.47 bits per heavy atom. The number of benzene rings is 2. The Morgan fingerprint density at radius 2 is 1.79 bits per heavy atom. The lowest BCUT2D eigenvalue weighted by molar-refractivity contribution is -0.117. The van der Waals surface area contributed by atoms with Crippen molar-refractivity contribution in [3.63, 3.8) is 0 Å². The second-order valence-electron chi connectivity index (χ2n) is 9.06. The fourth-order valence-corrected chi connectivity index (χ4v) is 5.75. The number of anilines is 3. The van der Waals surface area contributed by atoms with E-state index in [4.69, 9.17) is 9.47 Å². The molecule has 5 rings (SSSR count). The molecule has 0 bridgehead atoms. The van der Waals surface area contributed by atoms with Gasteiger partial charge in [0.1, 0.15) is 6.17 Å². The van der Waals surface area contributed by atoms with Gasteiger partial charge < -0.3 is 34.8 Å². The van der Waals surface area contributed by atoms with Crippen LogP contribution < -0.4 is 35.2 Å². The zero-order chi connectivity index (χ0) is 27.4. The average Bonchev–Trinajstić information content (AvgIpc) is 3.25. The molecular weight excluding hydrogens is 500 g/mol. The predicted molar refractivity (Wildman–Crippen MR) is 156 cm³/mol. The Bertz CT molecular complexity index is 1230. The van der Waals surface area contributed by atoms with E-state index in [1.807, 2.05) is 70.4 Å². The van der Waals surface area contributed by atoms with Crippen LogP contribution in [-0.4, -0.2) is 64.9 Å². The van der Waals surface area contributed by atoms with Gasteiger partial charge in [-0.1, -0.05) is 31.7 Å². The van der Waals surface area contributed by atoms with E-state index in [0.29, 0.717) is 23.7 Å². The van der Waals surface area contributed by atoms with Gasteiger partial charge in [-0.15, -0.1) is 0 Å². The standard InChI is InChI=1S/C26H32N6O3S.C2H6/c1-30-10-8-16(9-11-30)25(33)29-26-32(3)19-7-6-17(12-23(19)36-26)28-24-18-13-21(34-4)22(35-5)14-20(18)31(2)15-27-24;1-2/h6-10,12-14,24,26-28H,11,15H2,1-5H3,(H,29,33);1-2H3. The van der Waals surface area contributed by atoms with Gasteiger partial charge in [-0.05, 0) is 36.5 Å². The topological polar surface area (TPSA) is 81.3 Å². The van der Waals surface area contributed by atoms with Gasteiger partial charge >= 0.3 is 0 Å². The van der Waals surface area contributed by atoms with Crippen LogP contribution in [0.25, 0.3) is 0 Å². The van der Waals surface area contributed by atoms with Crippen LogP contribution >= 0.6 is 11.8 Å². The van der Waals surface area contributed by atoms with Crippen LogP contribution in [0.2, 0.25) is 0 Å². The normalized spacial score (nSPS) is 19.6. The lowest BCUT2D eigenvalue weighted by Gasteiger charge is -2.35. The molecular formula is C28H38N6O3S. The Balaban J connectivity index is 0.00000164. The highest BCUT2D eigenvalue weighted by atomic mass is 32.2. The number of ether oxygens (including phenoxy) is 2. The molecule has 0 aromatic heterocycles. The maximum absolute atomic E-state index is 12.8. The van der Waals surface area contributed by atoms with E-state index in [-0.39, 0.29) is 17.6 Å². The molecule has 2 aromatic rings. The second kappa shape index (κ2) is 11.9. The number of methoxy groups -OCH3 is 2. The Labute approximate surface area is 229 Å². The minimum atomic E-state index is -0.171. The third-order valence-electron chi connectivity index (χ3n) is 6.65. The number of nitrogens with zero attached hydrogens (tertiary/aromatic N) is 3. The Hall–Kier alpha value is -3.50. The smallest absolute Gasteiger partial charge is 0.253 e. The van der Waals surface area contributed by atoms with Crippen LogP contribution in [0, 0.1) is 0 Å². The van der Waals surface area contributed by atoms with E-state index < -0.39 is 0 Å². The number of thioether (sulfide) groups is 1. The number of nitrogens with one attached hydrogen (secondary N) is 3. The fraction of sp³-hybridized carbons (Fsp3) is 0.393. The highest BCUT2D eigenvalue weighted by Gasteiger charge is 2.30. The molecule has 3 N–H and O–H groups in total. The number of hydrogen-bond donors (Lipinski definition) is 3. The third kappa shape index (κ3) is 5.51. The van der Waals surface area contributed by atoms with Crippen molar-refractivity contribution in [1.29, 1.82) is 0 Å². The Morgan fingerprint density at radius 1 is 1.05 bits per heavy atom. The minimum absolute atomic E-state index is 0.0636. The van der Waals surface area contributed by atoms with Gasteiger partial charge in [0.15, 0.2) is 17.0 Å². The number of hydrogen-bond acceptors (Lipinski definition) is 9. The summed E-state index contributed by atoms with van der Waals surface area (Å²) >= 11 is 1.64. The quantitative estimate of drug-likeness (QED) is 0.502. The van der Waals surface area contributed by atoms with Gasteiger partial charge in [0, 0.05) is 61.2 Å². The van der Waals surface area contributed by atoms with Crippen molar-refractivity contribution in [2.75, 3.05) is 63.7 Å². The maximum atomic E-state index is 12.8.